The van der Waals surface area contributed by atoms with Crippen LogP contribution in [0.3, 0.4) is 0 Å². The van der Waals surface area contributed by atoms with Crippen molar-refractivity contribution in [3.8, 4) is 11.4 Å². The van der Waals surface area contributed by atoms with Gasteiger partial charge < -0.3 is 5.11 Å². The van der Waals surface area contributed by atoms with Crippen molar-refractivity contribution in [2.75, 3.05) is 0 Å². The van der Waals surface area contributed by atoms with Gasteiger partial charge in [0, 0.05) is 30.2 Å². The van der Waals surface area contributed by atoms with Crippen molar-refractivity contribution in [1.29, 1.82) is 0 Å². The standard InChI is InChI=1S/C10H6N3O2/c14-10(15)8-3-2-7(6-13-8)9-11-4-1-5-12-9/h2-6H,(H,14,15). The van der Waals surface area contributed by atoms with E-state index in [4.69, 9.17) is 5.11 Å². The number of carboxylic acid groups (broad SMARTS) is 1. The quantitative estimate of drug-likeness (QED) is 0.783. The molecule has 0 aliphatic rings. The Balaban J connectivity index is 2.36. The summed E-state index contributed by atoms with van der Waals surface area (Å²) in [6.45, 7) is 0. The molecule has 5 nitrogen and oxygen atoms in total. The van der Waals surface area contributed by atoms with Crippen LogP contribution in [0.1, 0.15) is 10.5 Å². The molecule has 0 saturated heterocycles. The molecule has 2 heterocycles. The zero-order chi connectivity index (χ0) is 10.7. The van der Waals surface area contributed by atoms with Crippen LogP contribution in [-0.4, -0.2) is 26.0 Å². The first kappa shape index (κ1) is 9.26. The Kier molecular flexibility index (Phi) is 2.37. The molecule has 1 N–H and O–H groups in total. The smallest absolute Gasteiger partial charge is 0.354 e. The van der Waals surface area contributed by atoms with Crippen molar-refractivity contribution in [1.82, 2.24) is 15.0 Å². The van der Waals surface area contributed by atoms with Gasteiger partial charge in [-0.05, 0) is 12.1 Å². The highest BCUT2D eigenvalue weighted by molar-refractivity contribution is 5.85. The first-order valence-corrected chi connectivity index (χ1v) is 4.15. The van der Waals surface area contributed by atoms with Gasteiger partial charge in [0.25, 0.3) is 0 Å². The van der Waals surface area contributed by atoms with E-state index in [1.807, 2.05) is 0 Å². The van der Waals surface area contributed by atoms with Crippen molar-refractivity contribution in [2.45, 2.75) is 0 Å². The maximum Gasteiger partial charge on any atom is 0.354 e. The van der Waals surface area contributed by atoms with Gasteiger partial charge in [0.1, 0.15) is 5.69 Å². The Morgan fingerprint density at radius 2 is 1.93 bits per heavy atom. The highest BCUT2D eigenvalue weighted by Crippen LogP contribution is 2.11. The molecular weight excluding hydrogens is 194 g/mol. The number of carbonyl (C=O) groups is 1. The van der Waals surface area contributed by atoms with Gasteiger partial charge >= 0.3 is 5.97 Å². The Hall–Kier alpha value is -2.30. The lowest BCUT2D eigenvalue weighted by Crippen LogP contribution is -1.99. The van der Waals surface area contributed by atoms with Gasteiger partial charge in [0.2, 0.25) is 0 Å². The van der Waals surface area contributed by atoms with E-state index in [2.05, 4.69) is 21.0 Å². The summed E-state index contributed by atoms with van der Waals surface area (Å²) < 4.78 is 0. The molecule has 0 bridgehead atoms. The van der Waals surface area contributed by atoms with Gasteiger partial charge in [-0.25, -0.2) is 19.7 Å². The van der Waals surface area contributed by atoms with E-state index in [9.17, 15) is 4.79 Å². The van der Waals surface area contributed by atoms with Crippen LogP contribution in [0.5, 0.6) is 0 Å². The Labute approximate surface area is 85.5 Å². The summed E-state index contributed by atoms with van der Waals surface area (Å²) in [7, 11) is 0. The number of pyridine rings is 1. The summed E-state index contributed by atoms with van der Waals surface area (Å²) in [4.78, 5) is 22.3. The van der Waals surface area contributed by atoms with Gasteiger partial charge in [-0.3, -0.25) is 0 Å². The molecule has 73 valence electrons. The monoisotopic (exact) mass is 200 g/mol. The van der Waals surface area contributed by atoms with E-state index in [-0.39, 0.29) is 5.69 Å². The normalized spacial score (nSPS) is 9.87. The van der Waals surface area contributed by atoms with Crippen molar-refractivity contribution in [3.05, 3.63) is 42.5 Å². The molecule has 0 aliphatic carbocycles. The van der Waals surface area contributed by atoms with E-state index >= 15 is 0 Å². The average molecular weight is 200 g/mol. The van der Waals surface area contributed by atoms with E-state index in [0.717, 1.165) is 0 Å². The van der Waals surface area contributed by atoms with Crippen LogP contribution >= 0.6 is 0 Å². The van der Waals surface area contributed by atoms with Gasteiger partial charge in [0.15, 0.2) is 5.82 Å². The summed E-state index contributed by atoms with van der Waals surface area (Å²) >= 11 is 0. The molecule has 0 amide bonds. The number of nitrogens with zero attached hydrogens (tertiary/aromatic N) is 3. The maximum atomic E-state index is 10.5. The van der Waals surface area contributed by atoms with Gasteiger partial charge in [-0.2, -0.15) is 0 Å². The number of hydrogen-bond acceptors (Lipinski definition) is 4. The summed E-state index contributed by atoms with van der Waals surface area (Å²) in [6.07, 6.45) is 4.42. The summed E-state index contributed by atoms with van der Waals surface area (Å²) in [6, 6.07) is 5.73. The highest BCUT2D eigenvalue weighted by atomic mass is 16.4. The number of rotatable bonds is 2. The van der Waals surface area contributed by atoms with Crippen LogP contribution in [0, 0.1) is 6.07 Å². The van der Waals surface area contributed by atoms with Gasteiger partial charge in [-0.1, -0.05) is 0 Å². The fourth-order valence-corrected chi connectivity index (χ4v) is 1.07. The Morgan fingerprint density at radius 1 is 1.20 bits per heavy atom. The maximum absolute atomic E-state index is 10.5. The predicted octanol–water partition coefficient (Wildman–Crippen LogP) is 1.04. The highest BCUT2D eigenvalue weighted by Gasteiger charge is 2.05. The van der Waals surface area contributed by atoms with Crippen molar-refractivity contribution in [3.63, 3.8) is 0 Å². The van der Waals surface area contributed by atoms with E-state index in [1.54, 1.807) is 6.07 Å². The number of carboxylic acids is 1. The molecule has 2 rings (SSSR count). The zero-order valence-electron chi connectivity index (χ0n) is 7.58. The molecule has 0 spiro atoms. The van der Waals surface area contributed by atoms with Crippen LogP contribution in [-0.2, 0) is 0 Å². The molecule has 2 aromatic heterocycles. The third-order valence-corrected chi connectivity index (χ3v) is 1.76. The van der Waals surface area contributed by atoms with Gasteiger partial charge in [-0.15, -0.1) is 0 Å². The number of hydrogen-bond donors (Lipinski definition) is 1. The summed E-state index contributed by atoms with van der Waals surface area (Å²) in [5.74, 6) is -0.554. The second-order valence-corrected chi connectivity index (χ2v) is 2.74. The van der Waals surface area contributed by atoms with E-state index in [1.165, 1.54) is 24.7 Å². The predicted molar refractivity (Wildman–Crippen MR) is 51.1 cm³/mol. The zero-order valence-corrected chi connectivity index (χ0v) is 7.58. The molecule has 2 aromatic rings. The minimum atomic E-state index is -1.05. The molecule has 15 heavy (non-hydrogen) atoms. The molecule has 0 aromatic carbocycles. The SMILES string of the molecule is O=C(O)c1ccc(-c2nc[c]cn2)cn1. The van der Waals surface area contributed by atoms with Crippen molar-refractivity contribution < 1.29 is 9.90 Å². The van der Waals surface area contributed by atoms with Gasteiger partial charge in [0.05, 0.1) is 0 Å². The third kappa shape index (κ3) is 1.96. The Bertz CT molecular complexity index is 468. The van der Waals surface area contributed by atoms with Crippen LogP contribution in [0.15, 0.2) is 30.7 Å². The summed E-state index contributed by atoms with van der Waals surface area (Å²) in [5, 5.41) is 8.65. The molecular formula is C10H6N3O2. The molecule has 0 unspecified atom stereocenters. The molecule has 5 heteroatoms. The van der Waals surface area contributed by atoms with E-state index in [0.29, 0.717) is 11.4 Å². The topological polar surface area (TPSA) is 76.0 Å². The van der Waals surface area contributed by atoms with Crippen LogP contribution in [0.25, 0.3) is 11.4 Å². The van der Waals surface area contributed by atoms with E-state index < -0.39 is 5.97 Å². The lowest BCUT2D eigenvalue weighted by molar-refractivity contribution is 0.0690. The number of aromatic carboxylic acids is 1. The fourth-order valence-electron chi connectivity index (χ4n) is 1.07. The van der Waals surface area contributed by atoms with Crippen LogP contribution in [0.4, 0.5) is 0 Å². The lowest BCUT2D eigenvalue weighted by atomic mass is 10.2. The largest absolute Gasteiger partial charge is 0.477 e. The first-order chi connectivity index (χ1) is 7.27. The van der Waals surface area contributed by atoms with Crippen molar-refractivity contribution in [2.24, 2.45) is 0 Å². The third-order valence-electron chi connectivity index (χ3n) is 1.76. The average Bonchev–Trinajstić information content (AvgIpc) is 2.30. The number of aromatic nitrogens is 3. The van der Waals surface area contributed by atoms with Crippen molar-refractivity contribution >= 4 is 5.97 Å². The Morgan fingerprint density at radius 3 is 2.47 bits per heavy atom. The van der Waals surface area contributed by atoms with Crippen LogP contribution < -0.4 is 0 Å². The molecule has 1 radical (unpaired) electrons. The molecule has 0 aliphatic heterocycles. The molecule has 0 saturated carbocycles. The van der Waals surface area contributed by atoms with Crippen LogP contribution in [0.2, 0.25) is 0 Å². The fraction of sp³-hybridized carbons (Fsp3) is 0. The summed E-state index contributed by atoms with van der Waals surface area (Å²) in [5.41, 5.74) is 0.676. The molecule has 0 atom stereocenters. The minimum absolute atomic E-state index is 0.00115. The molecule has 0 fully saturated rings. The second-order valence-electron chi connectivity index (χ2n) is 2.74. The second kappa shape index (κ2) is 3.83. The lowest BCUT2D eigenvalue weighted by Gasteiger charge is -1.98. The first-order valence-electron chi connectivity index (χ1n) is 4.15. The minimum Gasteiger partial charge on any atom is -0.477 e.